The molecule has 0 aromatic carbocycles. The molecule has 8 nitrogen and oxygen atoms in total. The Kier molecular flexibility index (Phi) is 5.13. The van der Waals surface area contributed by atoms with Crippen molar-refractivity contribution >= 4 is 37.5 Å². The van der Waals surface area contributed by atoms with E-state index in [0.717, 1.165) is 58.4 Å². The summed E-state index contributed by atoms with van der Waals surface area (Å²) in [7, 11) is 2.14. The van der Waals surface area contributed by atoms with Gasteiger partial charge in [0.2, 0.25) is 0 Å². The number of H-pyrrole nitrogens is 1. The maximum Gasteiger partial charge on any atom is 0.188 e. The van der Waals surface area contributed by atoms with Crippen LogP contribution >= 0.6 is 22.7 Å². The van der Waals surface area contributed by atoms with Gasteiger partial charge in [0.15, 0.2) is 14.8 Å². The third-order valence-electron chi connectivity index (χ3n) is 5.72. The van der Waals surface area contributed by atoms with Crippen LogP contribution in [0, 0.1) is 0 Å². The lowest BCUT2D eigenvalue weighted by Gasteiger charge is -2.36. The van der Waals surface area contributed by atoms with E-state index in [0.29, 0.717) is 16.7 Å². The fourth-order valence-corrected chi connectivity index (χ4v) is 5.92. The second-order valence-electron chi connectivity index (χ2n) is 7.48. The molecule has 1 aliphatic rings. The van der Waals surface area contributed by atoms with E-state index < -0.39 is 0 Å². The number of anilines is 1. The second-order valence-corrected chi connectivity index (χ2v) is 9.41. The smallest absolute Gasteiger partial charge is 0.188 e. The third-order valence-corrected chi connectivity index (χ3v) is 7.85. The zero-order valence-corrected chi connectivity index (χ0v) is 18.5. The van der Waals surface area contributed by atoms with Crippen LogP contribution in [0.15, 0.2) is 24.7 Å². The molecule has 1 aliphatic heterocycles. The van der Waals surface area contributed by atoms with Gasteiger partial charge in [-0.3, -0.25) is 5.10 Å². The molecule has 0 atom stereocenters. The molecule has 0 spiro atoms. The highest BCUT2D eigenvalue weighted by molar-refractivity contribution is 7.29. The van der Waals surface area contributed by atoms with Crippen molar-refractivity contribution in [2.45, 2.75) is 25.8 Å². The molecule has 10 heteroatoms. The predicted octanol–water partition coefficient (Wildman–Crippen LogP) is 3.83. The van der Waals surface area contributed by atoms with Gasteiger partial charge in [0.05, 0.1) is 6.20 Å². The first-order valence-corrected chi connectivity index (χ1v) is 11.7. The number of pyridine rings is 1. The SMILES string of the molecule is CCN1CCC(N(C)c2nc3sc(-c4ncc(-c5cn[nH]c5)cc4O)nc3s2)CC1. The van der Waals surface area contributed by atoms with E-state index in [1.165, 1.54) is 11.3 Å². The van der Waals surface area contributed by atoms with Crippen LogP contribution < -0.4 is 4.90 Å². The summed E-state index contributed by atoms with van der Waals surface area (Å²) in [6, 6.07) is 2.21. The number of rotatable bonds is 5. The van der Waals surface area contributed by atoms with Gasteiger partial charge in [-0.2, -0.15) is 5.10 Å². The first kappa shape index (κ1) is 19.4. The fraction of sp³-hybridized carbons (Fsp3) is 0.400. The lowest BCUT2D eigenvalue weighted by molar-refractivity contribution is 0.221. The number of piperidine rings is 1. The molecule has 0 saturated carbocycles. The molecule has 0 bridgehead atoms. The summed E-state index contributed by atoms with van der Waals surface area (Å²) in [5.74, 6) is 0.107. The number of nitrogens with one attached hydrogen (secondary N) is 1. The number of aromatic amines is 1. The molecule has 5 rings (SSSR count). The maximum absolute atomic E-state index is 10.5. The minimum absolute atomic E-state index is 0.107. The minimum atomic E-state index is 0.107. The van der Waals surface area contributed by atoms with Gasteiger partial charge in [0.25, 0.3) is 0 Å². The molecule has 0 aliphatic carbocycles. The predicted molar refractivity (Wildman–Crippen MR) is 121 cm³/mol. The van der Waals surface area contributed by atoms with Crippen molar-refractivity contribution in [1.82, 2.24) is 30.0 Å². The normalized spacial score (nSPS) is 15.8. The number of thiazole rings is 2. The summed E-state index contributed by atoms with van der Waals surface area (Å²) in [6.45, 7) is 5.64. The van der Waals surface area contributed by atoms with E-state index in [-0.39, 0.29) is 5.75 Å². The van der Waals surface area contributed by atoms with Crippen molar-refractivity contribution in [2.75, 3.05) is 31.6 Å². The summed E-state index contributed by atoms with van der Waals surface area (Å²) < 4.78 is 0. The van der Waals surface area contributed by atoms with Crippen molar-refractivity contribution < 1.29 is 5.11 Å². The van der Waals surface area contributed by atoms with Gasteiger partial charge < -0.3 is 14.9 Å². The molecule has 1 fully saturated rings. The first-order chi connectivity index (χ1) is 14.6. The van der Waals surface area contributed by atoms with Gasteiger partial charge in [-0.1, -0.05) is 29.6 Å². The van der Waals surface area contributed by atoms with Crippen LogP contribution in [0.5, 0.6) is 5.75 Å². The highest BCUT2D eigenvalue weighted by Gasteiger charge is 2.25. The van der Waals surface area contributed by atoms with Gasteiger partial charge in [-0.25, -0.2) is 15.0 Å². The van der Waals surface area contributed by atoms with E-state index in [9.17, 15) is 5.11 Å². The van der Waals surface area contributed by atoms with Crippen LogP contribution in [-0.2, 0) is 0 Å². The number of nitrogens with zero attached hydrogens (tertiary/aromatic N) is 6. The van der Waals surface area contributed by atoms with E-state index in [1.54, 1.807) is 36.0 Å². The van der Waals surface area contributed by atoms with Gasteiger partial charge in [0.1, 0.15) is 16.5 Å². The monoisotopic (exact) mass is 441 g/mol. The first-order valence-electron chi connectivity index (χ1n) is 10.0. The second kappa shape index (κ2) is 7.93. The Labute approximate surface area is 182 Å². The van der Waals surface area contributed by atoms with Crippen LogP contribution in [-0.4, -0.2) is 67.9 Å². The van der Waals surface area contributed by atoms with Crippen molar-refractivity contribution in [3.63, 3.8) is 0 Å². The number of aromatic nitrogens is 5. The van der Waals surface area contributed by atoms with Crippen molar-refractivity contribution in [3.8, 4) is 27.6 Å². The summed E-state index contributed by atoms with van der Waals surface area (Å²) in [6.07, 6.45) is 7.52. The molecule has 4 aromatic rings. The minimum Gasteiger partial charge on any atom is -0.506 e. The summed E-state index contributed by atoms with van der Waals surface area (Å²) in [4.78, 5) is 20.6. The highest BCUT2D eigenvalue weighted by atomic mass is 32.1. The standard InChI is InChI=1S/C20H23N7OS2/c1-3-27-6-4-14(5-7-27)26(2)20-25-19-18(30-20)24-17(29-19)16-15(28)8-12(9-21-16)13-10-22-23-11-13/h8-11,14,28H,3-7H2,1-2H3,(H,22,23). The van der Waals surface area contributed by atoms with Crippen LogP contribution in [0.4, 0.5) is 5.13 Å². The number of hydrogen-bond acceptors (Lipinski definition) is 9. The molecule has 5 heterocycles. The molecule has 1 saturated heterocycles. The largest absolute Gasteiger partial charge is 0.506 e. The molecular weight excluding hydrogens is 418 g/mol. The van der Waals surface area contributed by atoms with Crippen molar-refractivity contribution in [2.24, 2.45) is 0 Å². The summed E-state index contributed by atoms with van der Waals surface area (Å²) >= 11 is 3.08. The fourth-order valence-electron chi connectivity index (χ4n) is 3.85. The Hall–Kier alpha value is -2.56. The quantitative estimate of drug-likeness (QED) is 0.486. The summed E-state index contributed by atoms with van der Waals surface area (Å²) in [5.41, 5.74) is 2.17. The molecular formula is C20H23N7OS2. The van der Waals surface area contributed by atoms with Crippen LogP contribution in [0.1, 0.15) is 19.8 Å². The van der Waals surface area contributed by atoms with E-state index in [2.05, 4.69) is 39.0 Å². The Balaban J connectivity index is 1.36. The Bertz CT molecular complexity index is 1110. The van der Waals surface area contributed by atoms with Crippen molar-refractivity contribution in [1.29, 1.82) is 0 Å². The van der Waals surface area contributed by atoms with Crippen LogP contribution in [0.25, 0.3) is 31.5 Å². The average Bonchev–Trinajstić information content (AvgIpc) is 3.50. The Morgan fingerprint density at radius 3 is 2.63 bits per heavy atom. The molecule has 156 valence electrons. The topological polar surface area (TPSA) is 94.1 Å². The Morgan fingerprint density at radius 1 is 1.17 bits per heavy atom. The summed E-state index contributed by atoms with van der Waals surface area (Å²) in [5, 5.41) is 18.9. The number of likely N-dealkylation sites (tertiary alicyclic amines) is 1. The van der Waals surface area contributed by atoms with Crippen molar-refractivity contribution in [3.05, 3.63) is 24.7 Å². The number of hydrogen-bond donors (Lipinski definition) is 2. The van der Waals surface area contributed by atoms with Crippen LogP contribution in [0.2, 0.25) is 0 Å². The molecule has 0 amide bonds. The molecule has 30 heavy (non-hydrogen) atoms. The Morgan fingerprint density at radius 2 is 1.97 bits per heavy atom. The lowest BCUT2D eigenvalue weighted by Crippen LogP contribution is -2.43. The number of aromatic hydroxyl groups is 1. The van der Waals surface area contributed by atoms with Gasteiger partial charge in [0, 0.05) is 49.7 Å². The molecule has 2 N–H and O–H groups in total. The maximum atomic E-state index is 10.5. The van der Waals surface area contributed by atoms with E-state index in [1.807, 2.05) is 0 Å². The van der Waals surface area contributed by atoms with Gasteiger partial charge >= 0.3 is 0 Å². The molecule has 0 radical (unpaired) electrons. The average molecular weight is 442 g/mol. The lowest BCUT2D eigenvalue weighted by atomic mass is 10.0. The van der Waals surface area contributed by atoms with Crippen LogP contribution in [0.3, 0.4) is 0 Å². The molecule has 4 aromatic heterocycles. The zero-order valence-electron chi connectivity index (χ0n) is 16.9. The molecule has 0 unspecified atom stereocenters. The van der Waals surface area contributed by atoms with Gasteiger partial charge in [-0.05, 0) is 25.5 Å². The van der Waals surface area contributed by atoms with Gasteiger partial charge in [-0.15, -0.1) is 0 Å². The zero-order chi connectivity index (χ0) is 20.7. The third kappa shape index (κ3) is 3.55. The number of fused-ring (bicyclic) bond motifs is 1. The van der Waals surface area contributed by atoms with E-state index in [4.69, 9.17) is 9.97 Å². The highest BCUT2D eigenvalue weighted by Crippen LogP contribution is 2.39. The van der Waals surface area contributed by atoms with E-state index >= 15 is 0 Å².